The third-order valence-electron chi connectivity index (χ3n) is 4.81. The van der Waals surface area contributed by atoms with Gasteiger partial charge >= 0.3 is 0 Å². The number of hydrogen-bond donors (Lipinski definition) is 2. The molecule has 1 aromatic carbocycles. The molecule has 0 unspecified atom stereocenters. The Labute approximate surface area is 186 Å². The molecule has 0 saturated carbocycles. The molecular formula is C19H34IN5O2S. The molecule has 1 aliphatic rings. The molecule has 0 radical (unpaired) electrons. The van der Waals surface area contributed by atoms with Gasteiger partial charge in [-0.3, -0.25) is 4.99 Å². The smallest absolute Gasteiger partial charge is 0.191 e. The summed E-state index contributed by atoms with van der Waals surface area (Å²) in [5.74, 6) is 0.801. The number of hydrogen-bond acceptors (Lipinski definition) is 5. The van der Waals surface area contributed by atoms with Crippen LogP contribution in [0.1, 0.15) is 12.0 Å². The minimum Gasteiger partial charge on any atom is -0.356 e. The molecule has 0 bridgehead atoms. The average molecular weight is 523 g/mol. The minimum absolute atomic E-state index is 0. The zero-order valence-electron chi connectivity index (χ0n) is 17.1. The van der Waals surface area contributed by atoms with Gasteiger partial charge in [0, 0.05) is 46.0 Å². The van der Waals surface area contributed by atoms with E-state index in [0.717, 1.165) is 57.2 Å². The van der Waals surface area contributed by atoms with Gasteiger partial charge in [0.15, 0.2) is 15.8 Å². The Morgan fingerprint density at radius 1 is 1.07 bits per heavy atom. The third-order valence-corrected chi connectivity index (χ3v) is 5.94. The number of rotatable bonds is 7. The van der Waals surface area contributed by atoms with Crippen LogP contribution in [0.5, 0.6) is 0 Å². The van der Waals surface area contributed by atoms with Crippen molar-refractivity contribution in [2.24, 2.45) is 4.99 Å². The van der Waals surface area contributed by atoms with Crippen molar-refractivity contribution in [3.8, 4) is 0 Å². The first-order valence-electron chi connectivity index (χ1n) is 9.53. The van der Waals surface area contributed by atoms with Crippen LogP contribution in [0.2, 0.25) is 0 Å². The highest BCUT2D eigenvalue weighted by Gasteiger charge is 2.11. The lowest BCUT2D eigenvalue weighted by Gasteiger charge is -2.21. The Hall–Kier alpha value is -0.910. The first-order valence-corrected chi connectivity index (χ1v) is 11.4. The van der Waals surface area contributed by atoms with Crippen LogP contribution in [0.25, 0.3) is 0 Å². The van der Waals surface area contributed by atoms with Gasteiger partial charge in [-0.05, 0) is 50.7 Å². The third kappa shape index (κ3) is 9.06. The van der Waals surface area contributed by atoms with Crippen molar-refractivity contribution in [3.05, 3.63) is 29.8 Å². The Balaban J connectivity index is 0.00000392. The number of guanidine groups is 1. The Bertz CT molecular complexity index is 710. The van der Waals surface area contributed by atoms with Crippen molar-refractivity contribution in [1.82, 2.24) is 20.4 Å². The molecule has 2 N–H and O–H groups in total. The summed E-state index contributed by atoms with van der Waals surface area (Å²) in [5, 5.41) is 6.68. The predicted molar refractivity (Wildman–Crippen MR) is 127 cm³/mol. The maximum absolute atomic E-state index is 11.5. The van der Waals surface area contributed by atoms with Crippen molar-refractivity contribution in [3.63, 3.8) is 0 Å². The number of sulfone groups is 1. The molecule has 28 heavy (non-hydrogen) atoms. The van der Waals surface area contributed by atoms with Crippen LogP contribution in [0, 0.1) is 0 Å². The largest absolute Gasteiger partial charge is 0.356 e. The van der Waals surface area contributed by atoms with Crippen LogP contribution in [-0.4, -0.2) is 90.3 Å². The van der Waals surface area contributed by atoms with Gasteiger partial charge in [0.1, 0.15) is 0 Å². The molecule has 1 heterocycles. The van der Waals surface area contributed by atoms with Crippen LogP contribution < -0.4 is 10.6 Å². The summed E-state index contributed by atoms with van der Waals surface area (Å²) < 4.78 is 23.0. The summed E-state index contributed by atoms with van der Waals surface area (Å²) in [6.45, 7) is 7.21. The summed E-state index contributed by atoms with van der Waals surface area (Å²) in [7, 11) is 0.824. The Morgan fingerprint density at radius 2 is 1.75 bits per heavy atom. The minimum atomic E-state index is -3.13. The molecule has 0 aromatic heterocycles. The van der Waals surface area contributed by atoms with Gasteiger partial charge in [-0.2, -0.15) is 0 Å². The zero-order valence-corrected chi connectivity index (χ0v) is 20.3. The Kier molecular flexibility index (Phi) is 11.3. The summed E-state index contributed by atoms with van der Waals surface area (Å²) in [6, 6.07) is 7.06. The average Bonchev–Trinajstić information content (AvgIpc) is 2.84. The van der Waals surface area contributed by atoms with Gasteiger partial charge in [-0.1, -0.05) is 12.1 Å². The molecule has 1 saturated heterocycles. The fraction of sp³-hybridized carbons (Fsp3) is 0.632. The van der Waals surface area contributed by atoms with Gasteiger partial charge in [0.25, 0.3) is 0 Å². The van der Waals surface area contributed by atoms with Crippen LogP contribution in [0.3, 0.4) is 0 Å². The lowest BCUT2D eigenvalue weighted by atomic mass is 10.1. The number of nitrogens with zero attached hydrogens (tertiary/aromatic N) is 3. The molecule has 1 aromatic rings. The van der Waals surface area contributed by atoms with Crippen LogP contribution >= 0.6 is 24.0 Å². The zero-order chi connectivity index (χ0) is 19.7. The van der Waals surface area contributed by atoms with E-state index < -0.39 is 9.84 Å². The summed E-state index contributed by atoms with van der Waals surface area (Å²) in [4.78, 5) is 9.50. The predicted octanol–water partition coefficient (Wildman–Crippen LogP) is 1.05. The highest BCUT2D eigenvalue weighted by molar-refractivity contribution is 14.0. The molecule has 0 aliphatic carbocycles. The van der Waals surface area contributed by atoms with Crippen molar-refractivity contribution >= 4 is 39.8 Å². The number of benzene rings is 1. The molecule has 0 spiro atoms. The molecule has 1 aliphatic heterocycles. The molecule has 9 heteroatoms. The number of aliphatic imine (C=N–C) groups is 1. The molecule has 160 valence electrons. The summed E-state index contributed by atoms with van der Waals surface area (Å²) in [6.07, 6.45) is 3.26. The lowest BCUT2D eigenvalue weighted by Crippen LogP contribution is -2.42. The second-order valence-electron chi connectivity index (χ2n) is 7.09. The quantitative estimate of drug-likeness (QED) is 0.316. The van der Waals surface area contributed by atoms with Gasteiger partial charge in [0.2, 0.25) is 0 Å². The lowest BCUT2D eigenvalue weighted by molar-refractivity contribution is 0.280. The van der Waals surface area contributed by atoms with E-state index in [0.29, 0.717) is 4.90 Å². The summed E-state index contributed by atoms with van der Waals surface area (Å²) in [5.41, 5.74) is 1.10. The number of nitrogens with one attached hydrogen (secondary N) is 2. The van der Waals surface area contributed by atoms with Crippen molar-refractivity contribution in [2.75, 3.05) is 66.2 Å². The maximum Gasteiger partial charge on any atom is 0.191 e. The van der Waals surface area contributed by atoms with Gasteiger partial charge < -0.3 is 20.4 Å². The van der Waals surface area contributed by atoms with E-state index in [1.54, 1.807) is 19.2 Å². The second-order valence-corrected chi connectivity index (χ2v) is 9.11. The normalized spacial score (nSPS) is 16.9. The number of halogens is 1. The monoisotopic (exact) mass is 523 g/mol. The van der Waals surface area contributed by atoms with Crippen molar-refractivity contribution < 1.29 is 8.42 Å². The maximum atomic E-state index is 11.5. The first-order chi connectivity index (χ1) is 12.9. The van der Waals surface area contributed by atoms with E-state index in [2.05, 4.69) is 32.5 Å². The molecule has 1 fully saturated rings. The topological polar surface area (TPSA) is 77.0 Å². The summed E-state index contributed by atoms with van der Waals surface area (Å²) >= 11 is 0. The van der Waals surface area contributed by atoms with E-state index in [1.807, 2.05) is 12.1 Å². The van der Waals surface area contributed by atoms with Crippen molar-refractivity contribution in [2.45, 2.75) is 17.7 Å². The van der Waals surface area contributed by atoms with E-state index in [4.69, 9.17) is 0 Å². The standard InChI is InChI=1S/C19H33N5O2S.HI/c1-20-19(22-11-14-24-13-4-12-23(2)15-16-24)21-10-9-17-5-7-18(8-6-17)27(3,25)26;/h5-8H,4,9-16H2,1-3H3,(H2,20,21,22);1H. The fourth-order valence-electron chi connectivity index (χ4n) is 3.11. The SMILES string of the molecule is CN=C(NCCc1ccc(S(C)(=O)=O)cc1)NCCN1CCCN(C)CC1.I. The van der Waals surface area contributed by atoms with Gasteiger partial charge in [0.05, 0.1) is 4.90 Å². The second kappa shape index (κ2) is 12.6. The van der Waals surface area contributed by atoms with E-state index in [9.17, 15) is 8.42 Å². The van der Waals surface area contributed by atoms with E-state index in [1.165, 1.54) is 19.2 Å². The Morgan fingerprint density at radius 3 is 2.39 bits per heavy atom. The van der Waals surface area contributed by atoms with Crippen molar-refractivity contribution in [1.29, 1.82) is 0 Å². The highest BCUT2D eigenvalue weighted by Crippen LogP contribution is 2.10. The molecule has 0 atom stereocenters. The first kappa shape index (κ1) is 25.1. The fourth-order valence-corrected chi connectivity index (χ4v) is 3.74. The highest BCUT2D eigenvalue weighted by atomic mass is 127. The molecular weight excluding hydrogens is 489 g/mol. The molecule has 7 nitrogen and oxygen atoms in total. The molecule has 0 amide bonds. The van der Waals surface area contributed by atoms with Gasteiger partial charge in [-0.25, -0.2) is 8.42 Å². The van der Waals surface area contributed by atoms with Crippen LogP contribution in [0.15, 0.2) is 34.2 Å². The van der Waals surface area contributed by atoms with E-state index in [-0.39, 0.29) is 24.0 Å². The van der Waals surface area contributed by atoms with E-state index >= 15 is 0 Å². The van der Waals surface area contributed by atoms with Crippen LogP contribution in [-0.2, 0) is 16.3 Å². The molecule has 2 rings (SSSR count). The van der Waals surface area contributed by atoms with Gasteiger partial charge in [-0.15, -0.1) is 24.0 Å². The van der Waals surface area contributed by atoms with Crippen LogP contribution in [0.4, 0.5) is 0 Å². The number of likely N-dealkylation sites (N-methyl/N-ethyl adjacent to an activating group) is 1.